The number of rotatable bonds is 7. The van der Waals surface area contributed by atoms with Gasteiger partial charge < -0.3 is 15.0 Å². The zero-order valence-electron chi connectivity index (χ0n) is 17.8. The lowest BCUT2D eigenvalue weighted by Crippen LogP contribution is -2.49. The fourth-order valence-corrected chi connectivity index (χ4v) is 5.02. The predicted octanol–water partition coefficient (Wildman–Crippen LogP) is 3.32. The van der Waals surface area contributed by atoms with Gasteiger partial charge in [0, 0.05) is 23.8 Å². The second kappa shape index (κ2) is 8.94. The summed E-state index contributed by atoms with van der Waals surface area (Å²) in [5.74, 6) is 0.295. The highest BCUT2D eigenvalue weighted by molar-refractivity contribution is 6.01. The average molecular weight is 433 g/mol. The number of halogens is 2. The molecule has 0 spiro atoms. The van der Waals surface area contributed by atoms with Crippen LogP contribution in [0.15, 0.2) is 30.5 Å². The number of hydrogen-bond acceptors (Lipinski definition) is 4. The Morgan fingerprint density at radius 2 is 2.10 bits per heavy atom. The molecule has 8 heteroatoms. The van der Waals surface area contributed by atoms with E-state index >= 15 is 0 Å². The molecule has 0 aromatic heterocycles. The molecule has 1 aromatic carbocycles. The van der Waals surface area contributed by atoms with E-state index in [1.165, 1.54) is 0 Å². The molecule has 3 atom stereocenters. The maximum atomic E-state index is 13.0. The van der Waals surface area contributed by atoms with Crippen molar-refractivity contribution < 1.29 is 23.1 Å². The van der Waals surface area contributed by atoms with Crippen LogP contribution in [0.25, 0.3) is 0 Å². The summed E-state index contributed by atoms with van der Waals surface area (Å²) in [5.41, 5.74) is 2.09. The van der Waals surface area contributed by atoms with E-state index in [2.05, 4.69) is 11.9 Å². The first-order chi connectivity index (χ1) is 14.9. The number of carbonyl (C=O) groups excluding carboxylic acids is 2. The number of alkyl halides is 2. The minimum Gasteiger partial charge on any atom is -0.489 e. The third-order valence-corrected chi connectivity index (χ3v) is 6.56. The minimum absolute atomic E-state index is 0.0376. The fourth-order valence-electron chi connectivity index (χ4n) is 5.02. The molecule has 1 saturated carbocycles. The molecular weight excluding hydrogens is 404 g/mol. The molecule has 1 N–H and O–H groups in total. The van der Waals surface area contributed by atoms with E-state index in [0.717, 1.165) is 24.8 Å². The van der Waals surface area contributed by atoms with Crippen molar-refractivity contribution in [3.8, 4) is 5.75 Å². The van der Waals surface area contributed by atoms with E-state index < -0.39 is 12.5 Å². The van der Waals surface area contributed by atoms with Gasteiger partial charge in [0.25, 0.3) is 12.3 Å². The van der Waals surface area contributed by atoms with Crippen molar-refractivity contribution >= 4 is 11.8 Å². The number of nitrogens with zero attached hydrogens (tertiary/aromatic N) is 2. The fraction of sp³-hybridized carbons (Fsp3) is 0.565. The summed E-state index contributed by atoms with van der Waals surface area (Å²) in [5, 5.41) is 2.74. The van der Waals surface area contributed by atoms with Crippen molar-refractivity contribution in [1.82, 2.24) is 15.1 Å². The van der Waals surface area contributed by atoms with Crippen molar-refractivity contribution in [2.75, 3.05) is 13.1 Å². The second-order valence-corrected chi connectivity index (χ2v) is 8.53. The van der Waals surface area contributed by atoms with E-state index in [9.17, 15) is 18.4 Å². The van der Waals surface area contributed by atoms with E-state index in [4.69, 9.17) is 4.74 Å². The normalized spacial score (nSPS) is 26.0. The molecule has 2 aliphatic heterocycles. The maximum Gasteiger partial charge on any atom is 0.255 e. The molecule has 0 radical (unpaired) electrons. The van der Waals surface area contributed by atoms with Gasteiger partial charge in [-0.2, -0.15) is 0 Å². The smallest absolute Gasteiger partial charge is 0.255 e. The lowest BCUT2D eigenvalue weighted by molar-refractivity contribution is -0.126. The summed E-state index contributed by atoms with van der Waals surface area (Å²) >= 11 is 0. The van der Waals surface area contributed by atoms with Crippen LogP contribution in [0.5, 0.6) is 5.75 Å². The Morgan fingerprint density at radius 1 is 1.29 bits per heavy atom. The molecule has 6 nitrogen and oxygen atoms in total. The Hall–Kier alpha value is -2.48. The molecule has 1 unspecified atom stereocenters. The monoisotopic (exact) mass is 433 g/mol. The van der Waals surface area contributed by atoms with Crippen LogP contribution in [0.4, 0.5) is 8.78 Å². The van der Waals surface area contributed by atoms with Gasteiger partial charge in [0.2, 0.25) is 5.91 Å². The molecule has 168 valence electrons. The van der Waals surface area contributed by atoms with E-state index in [0.29, 0.717) is 42.9 Å². The Kier molecular flexibility index (Phi) is 6.27. The predicted molar refractivity (Wildman–Crippen MR) is 112 cm³/mol. The highest BCUT2D eigenvalue weighted by Crippen LogP contribution is 2.33. The summed E-state index contributed by atoms with van der Waals surface area (Å²) in [6.07, 6.45) is 1.29. The van der Waals surface area contributed by atoms with Crippen LogP contribution in [-0.4, -0.2) is 59.3 Å². The number of carbonyl (C=O) groups is 2. The first kappa shape index (κ1) is 21.7. The van der Waals surface area contributed by atoms with Crippen molar-refractivity contribution in [3.63, 3.8) is 0 Å². The molecule has 2 amide bonds. The number of likely N-dealkylation sites (N-methyl/N-ethyl adjacent to an activating group) is 1. The highest BCUT2D eigenvalue weighted by atomic mass is 19.3. The summed E-state index contributed by atoms with van der Waals surface area (Å²) in [6, 6.07) is 4.83. The van der Waals surface area contributed by atoms with Crippen LogP contribution in [0.2, 0.25) is 0 Å². The van der Waals surface area contributed by atoms with Crippen LogP contribution in [-0.2, 0) is 11.3 Å². The van der Waals surface area contributed by atoms with Crippen LogP contribution < -0.4 is 10.1 Å². The molecule has 1 aromatic rings. The molecule has 0 bridgehead atoms. The SMILES string of the molecule is C=C1CCC(N2Cc3cc(O[C@@H]4CCC[C@@H]4N(CC)CC(F)F)ccc3C2=O)C(=O)N1. The lowest BCUT2D eigenvalue weighted by atomic mass is 10.0. The zero-order chi connectivity index (χ0) is 22.1. The molecule has 2 fully saturated rings. The molecular formula is C23H29F2N3O3. The first-order valence-electron chi connectivity index (χ1n) is 11.0. The summed E-state index contributed by atoms with van der Waals surface area (Å²) in [7, 11) is 0. The number of hydrogen-bond donors (Lipinski definition) is 1. The van der Waals surface area contributed by atoms with Gasteiger partial charge in [0.05, 0.1) is 6.54 Å². The molecule has 1 aliphatic carbocycles. The van der Waals surface area contributed by atoms with Crippen molar-refractivity contribution in [1.29, 1.82) is 0 Å². The van der Waals surface area contributed by atoms with Crippen LogP contribution in [0.3, 0.4) is 0 Å². The largest absolute Gasteiger partial charge is 0.489 e. The molecule has 2 heterocycles. The summed E-state index contributed by atoms with van der Waals surface area (Å²) in [4.78, 5) is 28.6. The standard InChI is InChI=1S/C23H29F2N3O3/c1-3-27(13-21(24)25)18-5-4-6-20(18)31-16-8-9-17-15(11-16)12-28(23(17)30)19-10-7-14(2)26-22(19)29/h8-9,11,18-21H,2-7,10,12-13H2,1H3,(H,26,29)/t18-,19?,20+/m0/s1. The van der Waals surface area contributed by atoms with Gasteiger partial charge in [0.1, 0.15) is 17.9 Å². The van der Waals surface area contributed by atoms with Gasteiger partial charge in [-0.1, -0.05) is 13.5 Å². The van der Waals surface area contributed by atoms with Gasteiger partial charge in [-0.25, -0.2) is 8.78 Å². The molecule has 31 heavy (non-hydrogen) atoms. The summed E-state index contributed by atoms with van der Waals surface area (Å²) < 4.78 is 32.1. The number of benzene rings is 1. The number of amides is 2. The van der Waals surface area contributed by atoms with Crippen molar-refractivity contribution in [2.45, 2.75) is 70.2 Å². The third kappa shape index (κ3) is 4.44. The number of allylic oxidation sites excluding steroid dienone is 1. The zero-order valence-corrected chi connectivity index (χ0v) is 17.8. The van der Waals surface area contributed by atoms with Gasteiger partial charge in [0.15, 0.2) is 0 Å². The van der Waals surface area contributed by atoms with Gasteiger partial charge in [-0.3, -0.25) is 14.5 Å². The molecule has 1 saturated heterocycles. The number of fused-ring (bicyclic) bond motifs is 1. The van der Waals surface area contributed by atoms with Crippen molar-refractivity contribution in [3.05, 3.63) is 41.6 Å². The topological polar surface area (TPSA) is 61.9 Å². The van der Waals surface area contributed by atoms with Gasteiger partial charge in [-0.05, 0) is 62.4 Å². The minimum atomic E-state index is -2.37. The number of nitrogens with one attached hydrogen (secondary N) is 1. The number of ether oxygens (including phenoxy) is 1. The van der Waals surface area contributed by atoms with Crippen LogP contribution in [0.1, 0.15) is 54.9 Å². The van der Waals surface area contributed by atoms with Crippen LogP contribution >= 0.6 is 0 Å². The van der Waals surface area contributed by atoms with E-state index in [-0.39, 0.29) is 30.5 Å². The molecule has 3 aliphatic rings. The Balaban J connectivity index is 1.46. The molecule has 4 rings (SSSR count). The number of piperidine rings is 1. The average Bonchev–Trinajstić information content (AvgIpc) is 3.30. The van der Waals surface area contributed by atoms with Crippen LogP contribution in [0, 0.1) is 0 Å². The Bertz CT molecular complexity index is 876. The maximum absolute atomic E-state index is 13.0. The summed E-state index contributed by atoms with van der Waals surface area (Å²) in [6.45, 7) is 6.35. The Labute approximate surface area is 181 Å². The van der Waals surface area contributed by atoms with E-state index in [1.807, 2.05) is 13.0 Å². The Morgan fingerprint density at radius 3 is 2.81 bits per heavy atom. The first-order valence-corrected chi connectivity index (χ1v) is 11.0. The van der Waals surface area contributed by atoms with Gasteiger partial charge in [-0.15, -0.1) is 0 Å². The second-order valence-electron chi connectivity index (χ2n) is 8.53. The van der Waals surface area contributed by atoms with E-state index in [1.54, 1.807) is 21.9 Å². The lowest BCUT2D eigenvalue weighted by Gasteiger charge is -2.32. The highest BCUT2D eigenvalue weighted by Gasteiger charge is 2.39. The third-order valence-electron chi connectivity index (χ3n) is 6.56. The quantitative estimate of drug-likeness (QED) is 0.717. The van der Waals surface area contributed by atoms with Gasteiger partial charge >= 0.3 is 0 Å². The van der Waals surface area contributed by atoms with Crippen molar-refractivity contribution in [2.24, 2.45) is 0 Å².